The molecule has 0 fully saturated rings. The van der Waals surface area contributed by atoms with E-state index in [1.807, 2.05) is 11.4 Å². The van der Waals surface area contributed by atoms with Gasteiger partial charge in [0.1, 0.15) is 0 Å². The van der Waals surface area contributed by atoms with E-state index >= 15 is 0 Å². The monoisotopic (exact) mass is 136 g/mol. The fraction of sp³-hybridized carbons (Fsp3) is 0.200. The van der Waals surface area contributed by atoms with E-state index in [9.17, 15) is 0 Å². The Morgan fingerprint density at radius 1 is 1.75 bits per heavy atom. The van der Waals surface area contributed by atoms with Gasteiger partial charge in [0, 0.05) is 0 Å². The van der Waals surface area contributed by atoms with Crippen LogP contribution in [0, 0.1) is 6.07 Å². The summed E-state index contributed by atoms with van der Waals surface area (Å²) in [6, 6.07) is 4.97. The van der Waals surface area contributed by atoms with Crippen molar-refractivity contribution in [2.24, 2.45) is 0 Å². The Hall–Kier alpha value is 0.647. The van der Waals surface area contributed by atoms with Crippen LogP contribution in [0.2, 0.25) is 0 Å². The van der Waals surface area contributed by atoms with Crippen LogP contribution >= 0.6 is 23.1 Å². The minimum atomic E-state index is 0. The molecule has 8 heavy (non-hydrogen) atoms. The third-order valence-electron chi connectivity index (χ3n) is 0.645. The molecule has 0 radical (unpaired) electrons. The van der Waals surface area contributed by atoms with Gasteiger partial charge in [-0.05, 0) is 6.26 Å². The van der Waals surface area contributed by atoms with Gasteiger partial charge in [-0.15, -0.1) is 5.38 Å². The van der Waals surface area contributed by atoms with E-state index in [1.165, 1.54) is 4.21 Å². The Labute approximate surface area is 69.9 Å². The van der Waals surface area contributed by atoms with Gasteiger partial charge in [-0.25, -0.2) is 23.9 Å². The molecular weight excluding hydrogens is 131 g/mol. The minimum Gasteiger partial charge on any atom is -0.259 e. The van der Waals surface area contributed by atoms with Crippen molar-refractivity contribution >= 4 is 23.1 Å². The number of thiophene rings is 1. The van der Waals surface area contributed by atoms with Crippen LogP contribution in [0.4, 0.5) is 0 Å². The third kappa shape index (κ3) is 2.28. The smallest absolute Gasteiger partial charge is 0.259 e. The summed E-state index contributed by atoms with van der Waals surface area (Å²) in [6.07, 6.45) is 2.07. The van der Waals surface area contributed by atoms with Gasteiger partial charge in [0.15, 0.2) is 0 Å². The third-order valence-corrected chi connectivity index (χ3v) is 2.56. The molecule has 0 bridgehead atoms. The molecule has 0 atom stereocenters. The Kier molecular flexibility index (Phi) is 4.88. The quantitative estimate of drug-likeness (QED) is 0.279. The molecule has 1 aromatic rings. The van der Waals surface area contributed by atoms with E-state index in [-0.39, 0.29) is 18.9 Å². The van der Waals surface area contributed by atoms with Crippen LogP contribution in [0.25, 0.3) is 0 Å². The van der Waals surface area contributed by atoms with Gasteiger partial charge >= 0.3 is 18.9 Å². The summed E-state index contributed by atoms with van der Waals surface area (Å²) >= 11 is 3.49. The molecule has 1 heterocycles. The molecule has 0 nitrogen and oxygen atoms in total. The molecule has 0 aliphatic rings. The number of hydrogen-bond acceptors (Lipinski definition) is 2. The molecule has 0 amide bonds. The topological polar surface area (TPSA) is 0 Å². The zero-order chi connectivity index (χ0) is 5.11. The number of thioether (sulfide) groups is 1. The van der Waals surface area contributed by atoms with Crippen LogP contribution in [-0.4, -0.2) is 6.26 Å². The van der Waals surface area contributed by atoms with Crippen LogP contribution in [0.15, 0.2) is 15.7 Å². The second-order valence-electron chi connectivity index (χ2n) is 1.07. The first-order valence-corrected chi connectivity index (χ1v) is 4.02. The average Bonchev–Trinajstić information content (AvgIpc) is 2.14. The van der Waals surface area contributed by atoms with Gasteiger partial charge in [0.25, 0.3) is 0 Å². The van der Waals surface area contributed by atoms with Gasteiger partial charge < -0.3 is 0 Å². The predicted molar refractivity (Wildman–Crippen MR) is 34.9 cm³/mol. The van der Waals surface area contributed by atoms with E-state index in [2.05, 4.69) is 12.3 Å². The molecule has 0 aromatic carbocycles. The van der Waals surface area contributed by atoms with Crippen molar-refractivity contribution in [3.05, 3.63) is 17.5 Å². The molecule has 0 N–H and O–H groups in total. The summed E-state index contributed by atoms with van der Waals surface area (Å²) in [6.45, 7) is 0. The van der Waals surface area contributed by atoms with Crippen molar-refractivity contribution in [1.82, 2.24) is 0 Å². The molecule has 1 rings (SSSR count). The van der Waals surface area contributed by atoms with Crippen LogP contribution in [-0.2, 0) is 0 Å². The molecule has 1 aromatic heterocycles. The van der Waals surface area contributed by atoms with Crippen LogP contribution < -0.4 is 18.9 Å². The van der Waals surface area contributed by atoms with Gasteiger partial charge in [-0.3, -0.25) is 11.3 Å². The second kappa shape index (κ2) is 4.52. The van der Waals surface area contributed by atoms with E-state index < -0.39 is 0 Å². The Morgan fingerprint density at radius 2 is 2.50 bits per heavy atom. The van der Waals surface area contributed by atoms with Gasteiger partial charge in [0.2, 0.25) is 0 Å². The van der Waals surface area contributed by atoms with E-state index in [4.69, 9.17) is 0 Å². The van der Waals surface area contributed by atoms with Crippen molar-refractivity contribution in [1.29, 1.82) is 0 Å². The number of hydrogen-bond donors (Lipinski definition) is 0. The SMILES string of the molecule is CSc1c[c-]cs1.[Li+]. The summed E-state index contributed by atoms with van der Waals surface area (Å²) in [4.78, 5) is 0. The zero-order valence-electron chi connectivity index (χ0n) is 4.97. The normalized spacial score (nSPS) is 8.12. The van der Waals surface area contributed by atoms with Crippen LogP contribution in [0.5, 0.6) is 0 Å². The Bertz CT molecular complexity index is 125. The summed E-state index contributed by atoms with van der Waals surface area (Å²) in [5.41, 5.74) is 0. The summed E-state index contributed by atoms with van der Waals surface area (Å²) in [5, 5.41) is 1.96. The maximum absolute atomic E-state index is 2.98. The molecular formula is C5H5LiS2. The van der Waals surface area contributed by atoms with E-state index in [1.54, 1.807) is 23.1 Å². The van der Waals surface area contributed by atoms with Crippen molar-refractivity contribution in [2.45, 2.75) is 4.21 Å². The molecule has 0 spiro atoms. The maximum atomic E-state index is 2.98. The van der Waals surface area contributed by atoms with Crippen molar-refractivity contribution in [2.75, 3.05) is 6.26 Å². The Balaban J connectivity index is 0.000000490. The van der Waals surface area contributed by atoms with Gasteiger partial charge in [-0.1, -0.05) is 4.21 Å². The fourth-order valence-electron chi connectivity index (χ4n) is 0.335. The predicted octanol–water partition coefficient (Wildman–Crippen LogP) is -0.726. The standard InChI is InChI=1S/C5H5S2.Li/c1-6-5-3-2-4-7-5;/h3-4H,1H3;/q-1;+1. The molecule has 3 heteroatoms. The van der Waals surface area contributed by atoms with Crippen molar-refractivity contribution in [3.8, 4) is 0 Å². The zero-order valence-corrected chi connectivity index (χ0v) is 6.60. The van der Waals surface area contributed by atoms with Crippen molar-refractivity contribution in [3.63, 3.8) is 0 Å². The first-order valence-electron chi connectivity index (χ1n) is 1.92. The fourth-order valence-corrected chi connectivity index (χ4v) is 1.44. The second-order valence-corrected chi connectivity index (χ2v) is 3.09. The first kappa shape index (κ1) is 8.65. The van der Waals surface area contributed by atoms with Crippen LogP contribution in [0.1, 0.15) is 0 Å². The number of rotatable bonds is 1. The first-order chi connectivity index (χ1) is 3.43. The molecule has 0 aliphatic carbocycles. The Morgan fingerprint density at radius 3 is 2.75 bits per heavy atom. The molecule has 0 aliphatic heterocycles. The van der Waals surface area contributed by atoms with Crippen molar-refractivity contribution < 1.29 is 18.9 Å². The summed E-state index contributed by atoms with van der Waals surface area (Å²) < 4.78 is 1.33. The van der Waals surface area contributed by atoms with Crippen LogP contribution in [0.3, 0.4) is 0 Å². The molecule has 0 saturated carbocycles. The summed E-state index contributed by atoms with van der Waals surface area (Å²) in [7, 11) is 0. The average molecular weight is 136 g/mol. The molecule has 0 saturated heterocycles. The van der Waals surface area contributed by atoms with Gasteiger partial charge in [-0.2, -0.15) is 0 Å². The maximum Gasteiger partial charge on any atom is 1.00 e. The minimum absolute atomic E-state index is 0. The largest absolute Gasteiger partial charge is 1.00 e. The molecule has 0 unspecified atom stereocenters. The van der Waals surface area contributed by atoms with E-state index in [0.29, 0.717) is 0 Å². The van der Waals surface area contributed by atoms with E-state index in [0.717, 1.165) is 0 Å². The summed E-state index contributed by atoms with van der Waals surface area (Å²) in [5.74, 6) is 0. The molecule has 38 valence electrons. The van der Waals surface area contributed by atoms with Gasteiger partial charge in [0.05, 0.1) is 0 Å².